The van der Waals surface area contributed by atoms with Crippen LogP contribution in [-0.2, 0) is 16.0 Å². The van der Waals surface area contributed by atoms with E-state index in [1.807, 2.05) is 24.3 Å². The molecule has 0 bridgehead atoms. The fraction of sp³-hybridized carbons (Fsp3) is 0.105. The van der Waals surface area contributed by atoms with E-state index in [2.05, 4.69) is 4.98 Å². The zero-order valence-electron chi connectivity index (χ0n) is 13.2. The molecular formula is C19H15NO4S. The molecule has 0 saturated heterocycles. The summed E-state index contributed by atoms with van der Waals surface area (Å²) < 4.78 is 1.01. The first-order chi connectivity index (χ1) is 12.0. The van der Waals surface area contributed by atoms with Gasteiger partial charge in [-0.3, -0.25) is 9.59 Å². The first-order valence-corrected chi connectivity index (χ1v) is 8.42. The summed E-state index contributed by atoms with van der Waals surface area (Å²) in [6, 6.07) is 14.7. The zero-order valence-corrected chi connectivity index (χ0v) is 14.0. The highest BCUT2D eigenvalue weighted by Crippen LogP contribution is 2.30. The summed E-state index contributed by atoms with van der Waals surface area (Å²) in [5.74, 6) is -1.81. The monoisotopic (exact) mass is 353 g/mol. The van der Waals surface area contributed by atoms with Gasteiger partial charge < -0.3 is 10.2 Å². The normalized spacial score (nSPS) is 11.6. The summed E-state index contributed by atoms with van der Waals surface area (Å²) in [4.78, 5) is 26.5. The number of aromatic nitrogens is 1. The number of carbonyl (C=O) groups is 2. The number of hydrogen-bond acceptors (Lipinski definition) is 4. The van der Waals surface area contributed by atoms with Crippen LogP contribution in [0.3, 0.4) is 0 Å². The summed E-state index contributed by atoms with van der Waals surface area (Å²) >= 11 is 1.46. The molecule has 0 unspecified atom stereocenters. The second-order valence-corrected chi connectivity index (χ2v) is 6.57. The van der Waals surface area contributed by atoms with Gasteiger partial charge >= 0.3 is 11.9 Å². The molecule has 0 atom stereocenters. The molecule has 2 N–H and O–H groups in total. The molecule has 1 heterocycles. The number of aliphatic carboxylic acids is 2. The lowest BCUT2D eigenvalue weighted by atomic mass is 10.1. The van der Waals surface area contributed by atoms with Gasteiger partial charge in [-0.15, -0.1) is 11.3 Å². The Balaban J connectivity index is 1.95. The maximum Gasteiger partial charge on any atom is 0.307 e. The lowest BCUT2D eigenvalue weighted by Gasteiger charge is -2.03. The molecule has 1 aromatic heterocycles. The summed E-state index contributed by atoms with van der Waals surface area (Å²) in [6.07, 6.45) is 1.62. The largest absolute Gasteiger partial charge is 0.481 e. The molecule has 0 fully saturated rings. The Morgan fingerprint density at radius 1 is 1.00 bits per heavy atom. The fourth-order valence-electron chi connectivity index (χ4n) is 2.47. The van der Waals surface area contributed by atoms with Gasteiger partial charge in [0.1, 0.15) is 5.01 Å². The number of para-hydroxylation sites is 1. The van der Waals surface area contributed by atoms with E-state index in [9.17, 15) is 14.7 Å². The second-order valence-electron chi connectivity index (χ2n) is 5.54. The van der Waals surface area contributed by atoms with Crippen molar-refractivity contribution in [1.29, 1.82) is 0 Å². The number of carboxylic acid groups (broad SMARTS) is 2. The van der Waals surface area contributed by atoms with Gasteiger partial charge in [0.15, 0.2) is 0 Å². The summed E-state index contributed by atoms with van der Waals surface area (Å²) in [6.45, 7) is 0. The van der Waals surface area contributed by atoms with Gasteiger partial charge in [0.2, 0.25) is 0 Å². The Hall–Kier alpha value is -2.99. The molecule has 5 nitrogen and oxygen atoms in total. The minimum Gasteiger partial charge on any atom is -0.481 e. The van der Waals surface area contributed by atoms with E-state index in [1.54, 1.807) is 30.3 Å². The average Bonchev–Trinajstić information content (AvgIpc) is 2.99. The zero-order chi connectivity index (χ0) is 17.8. The lowest BCUT2D eigenvalue weighted by molar-refractivity contribution is -0.137. The van der Waals surface area contributed by atoms with Crippen LogP contribution in [0.25, 0.3) is 21.9 Å². The molecule has 0 saturated carbocycles. The van der Waals surface area contributed by atoms with Gasteiger partial charge in [0, 0.05) is 0 Å². The molecule has 3 aromatic rings. The number of nitrogens with zero attached hydrogens (tertiary/aromatic N) is 1. The van der Waals surface area contributed by atoms with Crippen molar-refractivity contribution >= 4 is 45.1 Å². The number of thiazole rings is 1. The van der Waals surface area contributed by atoms with E-state index in [0.717, 1.165) is 15.8 Å². The van der Waals surface area contributed by atoms with Crippen LogP contribution in [0.5, 0.6) is 0 Å². The van der Waals surface area contributed by atoms with Gasteiger partial charge in [-0.2, -0.15) is 0 Å². The highest BCUT2D eigenvalue weighted by atomic mass is 32.1. The number of carboxylic acids is 2. The molecule has 0 spiro atoms. The standard InChI is InChI=1S/C19H15NO4S/c21-17(22)10-13-7-5-12(6-8-13)9-14(11-18(23)24)19-20-15-3-1-2-4-16(15)25-19/h1-9H,10-11H2,(H,21,22)(H,23,24)/b14-9+. The van der Waals surface area contributed by atoms with Crippen molar-refractivity contribution in [2.45, 2.75) is 12.8 Å². The van der Waals surface area contributed by atoms with Crippen molar-refractivity contribution in [2.24, 2.45) is 0 Å². The summed E-state index contributed by atoms with van der Waals surface area (Å²) in [7, 11) is 0. The number of hydrogen-bond donors (Lipinski definition) is 2. The number of rotatable bonds is 6. The number of fused-ring (bicyclic) bond motifs is 1. The van der Waals surface area contributed by atoms with Crippen LogP contribution in [0.4, 0.5) is 0 Å². The molecule has 25 heavy (non-hydrogen) atoms. The molecule has 0 amide bonds. The fourth-order valence-corrected chi connectivity index (χ4v) is 3.45. The Labute approximate surface area is 147 Å². The predicted octanol–water partition coefficient (Wildman–Crippen LogP) is 3.94. The molecule has 0 aliphatic carbocycles. The Kier molecular flexibility index (Phi) is 4.90. The highest BCUT2D eigenvalue weighted by Gasteiger charge is 2.12. The van der Waals surface area contributed by atoms with Crippen molar-refractivity contribution in [3.05, 3.63) is 64.7 Å². The Bertz CT molecular complexity index is 924. The van der Waals surface area contributed by atoms with Crippen molar-refractivity contribution in [3.63, 3.8) is 0 Å². The van der Waals surface area contributed by atoms with E-state index in [4.69, 9.17) is 5.11 Å². The Morgan fingerprint density at radius 3 is 2.36 bits per heavy atom. The van der Waals surface area contributed by atoms with Gasteiger partial charge in [0.25, 0.3) is 0 Å². The molecule has 3 rings (SSSR count). The summed E-state index contributed by atoms with van der Waals surface area (Å²) in [5.41, 5.74) is 2.98. The average molecular weight is 353 g/mol. The maximum absolute atomic E-state index is 11.2. The van der Waals surface area contributed by atoms with Crippen molar-refractivity contribution in [3.8, 4) is 0 Å². The van der Waals surface area contributed by atoms with E-state index in [1.165, 1.54) is 11.3 Å². The topological polar surface area (TPSA) is 87.5 Å². The first kappa shape index (κ1) is 16.9. The second kappa shape index (κ2) is 7.27. The van der Waals surface area contributed by atoms with Gasteiger partial charge in [-0.25, -0.2) is 4.98 Å². The third-order valence-electron chi connectivity index (χ3n) is 3.59. The minimum atomic E-state index is -0.923. The van der Waals surface area contributed by atoms with Crippen LogP contribution < -0.4 is 0 Å². The molecule has 126 valence electrons. The lowest BCUT2D eigenvalue weighted by Crippen LogP contribution is -1.99. The SMILES string of the molecule is O=C(O)C/C(=C\c1ccc(CC(=O)O)cc1)c1nc2ccccc2s1. The maximum atomic E-state index is 11.2. The quantitative estimate of drug-likeness (QED) is 0.701. The highest BCUT2D eigenvalue weighted by molar-refractivity contribution is 7.19. The van der Waals surface area contributed by atoms with Crippen molar-refractivity contribution < 1.29 is 19.8 Å². The smallest absolute Gasteiger partial charge is 0.307 e. The molecule has 0 radical (unpaired) electrons. The van der Waals surface area contributed by atoms with Crippen LogP contribution in [0.15, 0.2) is 48.5 Å². The van der Waals surface area contributed by atoms with E-state index >= 15 is 0 Å². The van der Waals surface area contributed by atoms with Crippen LogP contribution in [-0.4, -0.2) is 27.1 Å². The van der Waals surface area contributed by atoms with Gasteiger partial charge in [0.05, 0.1) is 23.1 Å². The van der Waals surface area contributed by atoms with Crippen LogP contribution >= 0.6 is 11.3 Å². The predicted molar refractivity (Wildman–Crippen MR) is 97.5 cm³/mol. The van der Waals surface area contributed by atoms with Crippen LogP contribution in [0, 0.1) is 0 Å². The van der Waals surface area contributed by atoms with E-state index in [-0.39, 0.29) is 12.8 Å². The molecule has 6 heteroatoms. The molecule has 0 aliphatic rings. The van der Waals surface area contributed by atoms with Gasteiger partial charge in [-0.1, -0.05) is 36.4 Å². The van der Waals surface area contributed by atoms with Crippen molar-refractivity contribution in [1.82, 2.24) is 4.98 Å². The molecular weight excluding hydrogens is 338 g/mol. The van der Waals surface area contributed by atoms with Crippen LogP contribution in [0.2, 0.25) is 0 Å². The van der Waals surface area contributed by atoms with Crippen molar-refractivity contribution in [2.75, 3.05) is 0 Å². The third kappa shape index (κ3) is 4.30. The van der Waals surface area contributed by atoms with Gasteiger partial charge in [-0.05, 0) is 34.9 Å². The van der Waals surface area contributed by atoms with E-state index < -0.39 is 11.9 Å². The Morgan fingerprint density at radius 2 is 1.72 bits per heavy atom. The first-order valence-electron chi connectivity index (χ1n) is 7.60. The molecule has 0 aliphatic heterocycles. The minimum absolute atomic E-state index is 0.0379. The number of benzene rings is 2. The van der Waals surface area contributed by atoms with Crippen LogP contribution in [0.1, 0.15) is 22.6 Å². The van der Waals surface area contributed by atoms with E-state index in [0.29, 0.717) is 16.1 Å². The summed E-state index contributed by atoms with van der Waals surface area (Å²) in [5, 5.41) is 18.7. The third-order valence-corrected chi connectivity index (χ3v) is 4.70. The molecule has 2 aromatic carbocycles.